The smallest absolute Gasteiger partial charge is 0.125 e. The van der Waals surface area contributed by atoms with Gasteiger partial charge in [-0.3, -0.25) is 0 Å². The molecule has 0 fully saturated rings. The second kappa shape index (κ2) is 5.78. The van der Waals surface area contributed by atoms with Crippen molar-refractivity contribution in [3.05, 3.63) is 53.8 Å². The first-order chi connectivity index (χ1) is 8.67. The number of nitrogens with one attached hydrogen (secondary N) is 2. The van der Waals surface area contributed by atoms with Crippen LogP contribution in [0.4, 0.5) is 15.8 Å². The largest absolute Gasteiger partial charge is 0.388 e. The van der Waals surface area contributed by atoms with Gasteiger partial charge in [0.1, 0.15) is 5.82 Å². The molecule has 18 heavy (non-hydrogen) atoms. The maximum atomic E-state index is 13.2. The van der Waals surface area contributed by atoms with E-state index in [4.69, 9.17) is 0 Å². The third-order valence-corrected chi connectivity index (χ3v) is 3.32. The fraction of sp³-hybridized carbons (Fsp3) is 0.143. The number of benzene rings is 2. The molecule has 4 heteroatoms. The first kappa shape index (κ1) is 12.8. The summed E-state index contributed by atoms with van der Waals surface area (Å²) < 4.78 is 16.3. The molecule has 0 saturated carbocycles. The van der Waals surface area contributed by atoms with Gasteiger partial charge in [-0.2, -0.15) is 0 Å². The van der Waals surface area contributed by atoms with Crippen molar-refractivity contribution >= 4 is 23.3 Å². The van der Waals surface area contributed by atoms with Crippen LogP contribution < -0.4 is 10.0 Å². The van der Waals surface area contributed by atoms with Crippen LogP contribution in [0.3, 0.4) is 0 Å². The third kappa shape index (κ3) is 3.40. The van der Waals surface area contributed by atoms with Crippen LogP contribution in [0.15, 0.2) is 47.4 Å². The monoisotopic (exact) mass is 262 g/mol. The van der Waals surface area contributed by atoms with E-state index < -0.39 is 0 Å². The topological polar surface area (TPSA) is 24.1 Å². The lowest BCUT2D eigenvalue weighted by atomic mass is 10.2. The van der Waals surface area contributed by atoms with E-state index in [1.807, 2.05) is 44.3 Å². The zero-order valence-corrected chi connectivity index (χ0v) is 11.1. The highest BCUT2D eigenvalue weighted by Gasteiger charge is 1.99. The molecule has 0 aromatic heterocycles. The lowest BCUT2D eigenvalue weighted by Gasteiger charge is -2.07. The van der Waals surface area contributed by atoms with Crippen molar-refractivity contribution in [2.45, 2.75) is 11.8 Å². The van der Waals surface area contributed by atoms with Gasteiger partial charge in [-0.15, -0.1) is 0 Å². The fourth-order valence-electron chi connectivity index (χ4n) is 1.60. The van der Waals surface area contributed by atoms with Crippen LogP contribution in [0.1, 0.15) is 5.56 Å². The average Bonchev–Trinajstić information content (AvgIpc) is 2.36. The molecule has 0 radical (unpaired) electrons. The minimum atomic E-state index is -0.219. The van der Waals surface area contributed by atoms with Crippen molar-refractivity contribution in [3.63, 3.8) is 0 Å². The number of hydrogen-bond donors (Lipinski definition) is 2. The van der Waals surface area contributed by atoms with Crippen molar-refractivity contribution in [2.75, 3.05) is 17.1 Å². The highest BCUT2D eigenvalue weighted by molar-refractivity contribution is 8.00. The first-order valence-corrected chi connectivity index (χ1v) is 6.47. The van der Waals surface area contributed by atoms with E-state index in [2.05, 4.69) is 10.0 Å². The van der Waals surface area contributed by atoms with E-state index in [1.165, 1.54) is 24.1 Å². The number of halogens is 1. The molecule has 2 N–H and O–H groups in total. The zero-order valence-electron chi connectivity index (χ0n) is 10.3. The van der Waals surface area contributed by atoms with E-state index in [0.29, 0.717) is 0 Å². The molecule has 0 amide bonds. The van der Waals surface area contributed by atoms with Gasteiger partial charge in [-0.05, 0) is 66.9 Å². The quantitative estimate of drug-likeness (QED) is 0.803. The normalized spacial score (nSPS) is 10.2. The molecule has 2 rings (SSSR count). The Morgan fingerprint density at radius 1 is 1.00 bits per heavy atom. The van der Waals surface area contributed by atoms with Crippen molar-refractivity contribution in [1.29, 1.82) is 0 Å². The molecule has 0 aliphatic heterocycles. The Balaban J connectivity index is 2.01. The Labute approximate surface area is 111 Å². The summed E-state index contributed by atoms with van der Waals surface area (Å²) in [4.78, 5) is 1.08. The summed E-state index contributed by atoms with van der Waals surface area (Å²) in [6.07, 6.45) is 0. The Morgan fingerprint density at radius 2 is 1.72 bits per heavy atom. The molecule has 0 aliphatic rings. The number of aryl methyl sites for hydroxylation is 1. The number of hydrogen-bond acceptors (Lipinski definition) is 3. The molecule has 94 valence electrons. The van der Waals surface area contributed by atoms with Crippen LogP contribution in [0.25, 0.3) is 0 Å². The van der Waals surface area contributed by atoms with Crippen molar-refractivity contribution in [3.8, 4) is 0 Å². The molecule has 0 heterocycles. The van der Waals surface area contributed by atoms with Gasteiger partial charge in [0, 0.05) is 23.3 Å². The SMILES string of the molecule is CNc1ccc(SNc2cc(C)cc(F)c2)cc1. The van der Waals surface area contributed by atoms with Crippen molar-refractivity contribution in [2.24, 2.45) is 0 Å². The lowest BCUT2D eigenvalue weighted by Crippen LogP contribution is -1.90. The molecule has 0 bridgehead atoms. The zero-order chi connectivity index (χ0) is 13.0. The summed E-state index contributed by atoms with van der Waals surface area (Å²) in [6.45, 7) is 1.88. The molecule has 0 atom stereocenters. The van der Waals surface area contributed by atoms with Gasteiger partial charge in [-0.1, -0.05) is 0 Å². The summed E-state index contributed by atoms with van der Waals surface area (Å²) in [7, 11) is 1.88. The summed E-state index contributed by atoms with van der Waals surface area (Å²) in [6, 6.07) is 12.9. The number of rotatable bonds is 4. The second-order valence-electron chi connectivity index (χ2n) is 4.00. The Kier molecular flexibility index (Phi) is 4.10. The molecule has 0 unspecified atom stereocenters. The molecule has 0 aliphatic carbocycles. The predicted octanol–water partition coefficient (Wildman–Crippen LogP) is 4.30. The summed E-state index contributed by atoms with van der Waals surface area (Å²) >= 11 is 1.47. The van der Waals surface area contributed by atoms with Crippen molar-refractivity contribution in [1.82, 2.24) is 0 Å². The van der Waals surface area contributed by atoms with Gasteiger partial charge < -0.3 is 10.0 Å². The molecule has 2 nitrogen and oxygen atoms in total. The second-order valence-corrected chi connectivity index (χ2v) is 4.88. The third-order valence-electron chi connectivity index (χ3n) is 2.47. The van der Waals surface area contributed by atoms with Gasteiger partial charge in [0.05, 0.1) is 0 Å². The van der Waals surface area contributed by atoms with Gasteiger partial charge in [0.25, 0.3) is 0 Å². The van der Waals surface area contributed by atoms with Gasteiger partial charge >= 0.3 is 0 Å². The first-order valence-electron chi connectivity index (χ1n) is 5.65. The van der Waals surface area contributed by atoms with Crippen LogP contribution >= 0.6 is 11.9 Å². The maximum absolute atomic E-state index is 13.2. The fourth-order valence-corrected chi connectivity index (χ4v) is 2.23. The van der Waals surface area contributed by atoms with E-state index in [1.54, 1.807) is 0 Å². The van der Waals surface area contributed by atoms with E-state index in [0.717, 1.165) is 21.8 Å². The van der Waals surface area contributed by atoms with Crippen LogP contribution in [0.5, 0.6) is 0 Å². The predicted molar refractivity (Wildman–Crippen MR) is 76.6 cm³/mol. The van der Waals surface area contributed by atoms with E-state index >= 15 is 0 Å². The Hall–Kier alpha value is -1.68. The van der Waals surface area contributed by atoms with Gasteiger partial charge in [0.2, 0.25) is 0 Å². The average molecular weight is 262 g/mol. The van der Waals surface area contributed by atoms with Crippen LogP contribution in [0.2, 0.25) is 0 Å². The van der Waals surface area contributed by atoms with Crippen LogP contribution in [-0.2, 0) is 0 Å². The minimum absolute atomic E-state index is 0.219. The Bertz CT molecular complexity index is 506. The summed E-state index contributed by atoms with van der Waals surface area (Å²) in [5, 5.41) is 3.06. The minimum Gasteiger partial charge on any atom is -0.388 e. The number of anilines is 2. The highest BCUT2D eigenvalue weighted by atomic mass is 32.2. The van der Waals surface area contributed by atoms with E-state index in [-0.39, 0.29) is 5.82 Å². The van der Waals surface area contributed by atoms with Crippen LogP contribution in [0, 0.1) is 12.7 Å². The summed E-state index contributed by atoms with van der Waals surface area (Å²) in [5.74, 6) is -0.219. The standard InChI is InChI=1S/C14H15FN2S/c1-10-7-11(15)9-13(8-10)17-18-14-5-3-12(16-2)4-6-14/h3-9,16-17H,1-2H3. The van der Waals surface area contributed by atoms with E-state index in [9.17, 15) is 4.39 Å². The van der Waals surface area contributed by atoms with Gasteiger partial charge in [-0.25, -0.2) is 4.39 Å². The van der Waals surface area contributed by atoms with Gasteiger partial charge in [0.15, 0.2) is 0 Å². The molecule has 2 aromatic carbocycles. The molecule has 2 aromatic rings. The molecule has 0 spiro atoms. The summed E-state index contributed by atoms with van der Waals surface area (Å²) in [5.41, 5.74) is 2.75. The lowest BCUT2D eigenvalue weighted by molar-refractivity contribution is 0.627. The van der Waals surface area contributed by atoms with Crippen molar-refractivity contribution < 1.29 is 4.39 Å². The Morgan fingerprint density at radius 3 is 2.33 bits per heavy atom. The molecular formula is C14H15FN2S. The highest BCUT2D eigenvalue weighted by Crippen LogP contribution is 2.23. The molecular weight excluding hydrogens is 247 g/mol. The maximum Gasteiger partial charge on any atom is 0.125 e. The van der Waals surface area contributed by atoms with Crippen LogP contribution in [-0.4, -0.2) is 7.05 Å². The molecule has 0 saturated heterocycles.